The highest BCUT2D eigenvalue weighted by molar-refractivity contribution is 6.30. The van der Waals surface area contributed by atoms with Gasteiger partial charge in [-0.25, -0.2) is 4.39 Å². The molecule has 0 bridgehead atoms. The predicted octanol–water partition coefficient (Wildman–Crippen LogP) is 4.44. The zero-order valence-electron chi connectivity index (χ0n) is 12.3. The third kappa shape index (κ3) is 3.69. The van der Waals surface area contributed by atoms with Gasteiger partial charge in [0, 0.05) is 29.7 Å². The lowest BCUT2D eigenvalue weighted by atomic mass is 10.1. The van der Waals surface area contributed by atoms with Gasteiger partial charge in [0.1, 0.15) is 18.2 Å². The Hall–Kier alpha value is -1.81. The summed E-state index contributed by atoms with van der Waals surface area (Å²) in [5.74, 6) is 1.07. The van der Waals surface area contributed by atoms with Gasteiger partial charge in [0.05, 0.1) is 0 Å². The molecule has 1 aromatic heterocycles. The minimum absolute atomic E-state index is 0.138. The topological polar surface area (TPSA) is 25.4 Å². The Balaban J connectivity index is 1.67. The van der Waals surface area contributed by atoms with Crippen molar-refractivity contribution in [3.63, 3.8) is 0 Å². The van der Waals surface area contributed by atoms with Crippen molar-refractivity contribution in [2.45, 2.75) is 25.9 Å². The molecule has 1 saturated heterocycles. The number of halogens is 2. The van der Waals surface area contributed by atoms with E-state index in [1.165, 1.54) is 25.3 Å². The van der Waals surface area contributed by atoms with Gasteiger partial charge in [-0.2, -0.15) is 4.98 Å². The van der Waals surface area contributed by atoms with Crippen LogP contribution in [-0.2, 0) is 6.61 Å². The van der Waals surface area contributed by atoms with Gasteiger partial charge in [-0.3, -0.25) is 0 Å². The zero-order chi connectivity index (χ0) is 15.4. The number of hydrogen-bond donors (Lipinski definition) is 0. The summed E-state index contributed by atoms with van der Waals surface area (Å²) >= 11 is 5.74. The lowest BCUT2D eigenvalue weighted by Crippen LogP contribution is -2.30. The van der Waals surface area contributed by atoms with Crippen molar-refractivity contribution in [1.82, 2.24) is 4.98 Å². The molecule has 5 heteroatoms. The molecule has 0 unspecified atom stereocenters. The molecule has 0 radical (unpaired) electrons. The minimum atomic E-state index is -0.361. The van der Waals surface area contributed by atoms with Gasteiger partial charge in [0.15, 0.2) is 0 Å². The second-order valence-corrected chi connectivity index (χ2v) is 5.84. The van der Waals surface area contributed by atoms with Gasteiger partial charge in [-0.1, -0.05) is 23.7 Å². The van der Waals surface area contributed by atoms with E-state index < -0.39 is 0 Å². The summed E-state index contributed by atoms with van der Waals surface area (Å²) in [7, 11) is 0. The third-order valence-electron chi connectivity index (χ3n) is 3.78. The fourth-order valence-electron chi connectivity index (χ4n) is 2.57. The maximum Gasteiger partial charge on any atom is 0.215 e. The van der Waals surface area contributed by atoms with Crippen molar-refractivity contribution in [3.05, 3.63) is 52.8 Å². The van der Waals surface area contributed by atoms with Crippen molar-refractivity contribution < 1.29 is 9.13 Å². The second kappa shape index (κ2) is 6.97. The van der Waals surface area contributed by atoms with Gasteiger partial charge < -0.3 is 9.64 Å². The maximum absolute atomic E-state index is 13.7. The lowest BCUT2D eigenvalue weighted by Gasteiger charge is -2.27. The van der Waals surface area contributed by atoms with Crippen LogP contribution in [0.5, 0.6) is 5.88 Å². The van der Waals surface area contributed by atoms with E-state index in [0.29, 0.717) is 16.5 Å². The Labute approximate surface area is 134 Å². The van der Waals surface area contributed by atoms with E-state index in [1.807, 2.05) is 12.1 Å². The molecule has 2 aromatic rings. The molecule has 116 valence electrons. The monoisotopic (exact) mass is 320 g/mol. The number of anilines is 1. The Bertz CT molecular complexity index is 644. The van der Waals surface area contributed by atoms with Crippen molar-refractivity contribution in [1.29, 1.82) is 0 Å². The van der Waals surface area contributed by atoms with E-state index >= 15 is 0 Å². The first kappa shape index (κ1) is 15.1. The van der Waals surface area contributed by atoms with Crippen LogP contribution in [0.4, 0.5) is 10.2 Å². The maximum atomic E-state index is 13.7. The number of piperidine rings is 1. The first-order chi connectivity index (χ1) is 10.7. The van der Waals surface area contributed by atoms with E-state index in [2.05, 4.69) is 9.88 Å². The molecule has 1 fully saturated rings. The quantitative estimate of drug-likeness (QED) is 0.832. The Kier molecular flexibility index (Phi) is 4.78. The largest absolute Gasteiger partial charge is 0.473 e. The number of aromatic nitrogens is 1. The molecule has 1 aromatic carbocycles. The number of pyridine rings is 1. The summed E-state index contributed by atoms with van der Waals surface area (Å²) < 4.78 is 19.4. The van der Waals surface area contributed by atoms with Crippen LogP contribution in [0, 0.1) is 5.82 Å². The van der Waals surface area contributed by atoms with Crippen LogP contribution in [-0.4, -0.2) is 18.1 Å². The first-order valence-electron chi connectivity index (χ1n) is 7.51. The number of ether oxygens (including phenoxy) is 1. The number of hydrogen-bond acceptors (Lipinski definition) is 3. The van der Waals surface area contributed by atoms with Gasteiger partial charge in [0.2, 0.25) is 5.88 Å². The van der Waals surface area contributed by atoms with E-state index in [4.69, 9.17) is 16.3 Å². The predicted molar refractivity (Wildman–Crippen MR) is 86.0 cm³/mol. The summed E-state index contributed by atoms with van der Waals surface area (Å²) in [5, 5.41) is 0.381. The van der Waals surface area contributed by atoms with Gasteiger partial charge in [0.25, 0.3) is 0 Å². The summed E-state index contributed by atoms with van der Waals surface area (Å²) in [6.45, 7) is 2.20. The van der Waals surface area contributed by atoms with Crippen molar-refractivity contribution in [3.8, 4) is 5.88 Å². The molecule has 0 saturated carbocycles. The Morgan fingerprint density at radius 2 is 1.95 bits per heavy atom. The second-order valence-electron chi connectivity index (χ2n) is 5.41. The summed E-state index contributed by atoms with van der Waals surface area (Å²) in [6, 6.07) is 10.3. The summed E-state index contributed by atoms with van der Waals surface area (Å²) in [6.07, 6.45) is 3.67. The van der Waals surface area contributed by atoms with Gasteiger partial charge >= 0.3 is 0 Å². The third-order valence-corrected chi connectivity index (χ3v) is 4.01. The molecule has 0 N–H and O–H groups in total. The van der Waals surface area contributed by atoms with E-state index in [-0.39, 0.29) is 12.4 Å². The fourth-order valence-corrected chi connectivity index (χ4v) is 2.73. The molecule has 2 heterocycles. The molecule has 3 rings (SSSR count). The van der Waals surface area contributed by atoms with Crippen LogP contribution >= 0.6 is 11.6 Å². The Morgan fingerprint density at radius 1 is 1.14 bits per heavy atom. The summed E-state index contributed by atoms with van der Waals surface area (Å²) in [5.41, 5.74) is 0.467. The van der Waals surface area contributed by atoms with E-state index in [1.54, 1.807) is 18.2 Å². The van der Waals surface area contributed by atoms with E-state index in [9.17, 15) is 4.39 Å². The zero-order valence-corrected chi connectivity index (χ0v) is 13.0. The van der Waals surface area contributed by atoms with Crippen molar-refractivity contribution >= 4 is 17.4 Å². The van der Waals surface area contributed by atoms with Crippen LogP contribution in [0.1, 0.15) is 24.8 Å². The van der Waals surface area contributed by atoms with Crippen molar-refractivity contribution in [2.24, 2.45) is 0 Å². The molecule has 1 aliphatic heterocycles. The summed E-state index contributed by atoms with van der Waals surface area (Å²) in [4.78, 5) is 6.78. The van der Waals surface area contributed by atoms with Gasteiger partial charge in [-0.15, -0.1) is 0 Å². The molecule has 0 atom stereocenters. The molecule has 22 heavy (non-hydrogen) atoms. The van der Waals surface area contributed by atoms with Crippen LogP contribution < -0.4 is 9.64 Å². The highest BCUT2D eigenvalue weighted by Crippen LogP contribution is 2.21. The smallest absolute Gasteiger partial charge is 0.215 e. The SMILES string of the molecule is Fc1cc(Cl)ccc1COc1cccc(N2CCCCC2)n1. The minimum Gasteiger partial charge on any atom is -0.473 e. The number of nitrogens with zero attached hydrogens (tertiary/aromatic N) is 2. The molecular formula is C17H18ClFN2O. The first-order valence-corrected chi connectivity index (χ1v) is 7.89. The lowest BCUT2D eigenvalue weighted by molar-refractivity contribution is 0.288. The standard InChI is InChI=1S/C17H18ClFN2O/c18-14-8-7-13(15(19)11-14)12-22-17-6-4-5-16(20-17)21-9-2-1-3-10-21/h4-8,11H,1-3,9-10,12H2. The molecular weight excluding hydrogens is 303 g/mol. The molecule has 0 amide bonds. The van der Waals surface area contributed by atoms with Crippen LogP contribution in [0.3, 0.4) is 0 Å². The average molecular weight is 321 g/mol. The number of benzene rings is 1. The highest BCUT2D eigenvalue weighted by atomic mass is 35.5. The normalized spacial score (nSPS) is 14.9. The van der Waals surface area contributed by atoms with E-state index in [0.717, 1.165) is 18.9 Å². The molecule has 3 nitrogen and oxygen atoms in total. The molecule has 0 spiro atoms. The average Bonchev–Trinajstić information content (AvgIpc) is 2.55. The van der Waals surface area contributed by atoms with Crippen molar-refractivity contribution in [2.75, 3.05) is 18.0 Å². The Morgan fingerprint density at radius 3 is 2.73 bits per heavy atom. The van der Waals surface area contributed by atoms with Gasteiger partial charge in [-0.05, 0) is 37.5 Å². The van der Waals surface area contributed by atoms with Crippen LogP contribution in [0.15, 0.2) is 36.4 Å². The van der Waals surface area contributed by atoms with Crippen LogP contribution in [0.2, 0.25) is 5.02 Å². The number of rotatable bonds is 4. The molecule has 0 aliphatic carbocycles. The molecule has 1 aliphatic rings. The highest BCUT2D eigenvalue weighted by Gasteiger charge is 2.12. The fraction of sp³-hybridized carbons (Fsp3) is 0.353. The van der Waals surface area contributed by atoms with Crippen LogP contribution in [0.25, 0.3) is 0 Å².